The van der Waals surface area contributed by atoms with Crippen molar-refractivity contribution in [3.63, 3.8) is 0 Å². The molecule has 0 fully saturated rings. The standard InChI is InChI=1S/C15H24N2O2.ClH/c1-11(12(2)16)15(19)17-10-14(8-9-18)13-6-4-3-5-7-13;/h3-7,11-12,14,18H,8-10,16H2,1-2H3,(H,17,19);1H. The highest BCUT2D eigenvalue weighted by Gasteiger charge is 2.18. The van der Waals surface area contributed by atoms with Gasteiger partial charge in [-0.2, -0.15) is 0 Å². The van der Waals surface area contributed by atoms with E-state index in [1.54, 1.807) is 0 Å². The van der Waals surface area contributed by atoms with Crippen molar-refractivity contribution in [2.75, 3.05) is 13.2 Å². The van der Waals surface area contributed by atoms with Crippen LogP contribution in [0.15, 0.2) is 30.3 Å². The summed E-state index contributed by atoms with van der Waals surface area (Å²) in [5.74, 6) is -0.102. The molecule has 0 bridgehead atoms. The van der Waals surface area contributed by atoms with E-state index in [-0.39, 0.29) is 42.8 Å². The minimum absolute atomic E-state index is 0. The lowest BCUT2D eigenvalue weighted by Gasteiger charge is -2.20. The fourth-order valence-corrected chi connectivity index (χ4v) is 1.89. The number of carbonyl (C=O) groups is 1. The van der Waals surface area contributed by atoms with Crippen molar-refractivity contribution in [2.45, 2.75) is 32.2 Å². The van der Waals surface area contributed by atoms with E-state index in [0.717, 1.165) is 5.56 Å². The Morgan fingerprint density at radius 2 is 1.90 bits per heavy atom. The average Bonchev–Trinajstić information content (AvgIpc) is 2.43. The topological polar surface area (TPSA) is 75.4 Å². The number of nitrogens with one attached hydrogen (secondary N) is 1. The van der Waals surface area contributed by atoms with Crippen molar-refractivity contribution in [3.8, 4) is 0 Å². The molecule has 0 radical (unpaired) electrons. The normalized spacial score (nSPS) is 14.8. The molecule has 0 aliphatic rings. The molecule has 0 aliphatic carbocycles. The zero-order valence-corrected chi connectivity index (χ0v) is 12.9. The van der Waals surface area contributed by atoms with E-state index >= 15 is 0 Å². The van der Waals surface area contributed by atoms with Crippen LogP contribution in [0, 0.1) is 5.92 Å². The van der Waals surface area contributed by atoms with Gasteiger partial charge in [-0.15, -0.1) is 12.4 Å². The lowest BCUT2D eigenvalue weighted by Crippen LogP contribution is -2.40. The summed E-state index contributed by atoms with van der Waals surface area (Å²) in [7, 11) is 0. The minimum atomic E-state index is -0.203. The molecule has 0 heterocycles. The Hall–Kier alpha value is -1.10. The van der Waals surface area contributed by atoms with E-state index in [9.17, 15) is 4.79 Å². The molecular formula is C15H25ClN2O2. The van der Waals surface area contributed by atoms with Crippen molar-refractivity contribution in [2.24, 2.45) is 11.7 Å². The van der Waals surface area contributed by atoms with Crippen molar-refractivity contribution < 1.29 is 9.90 Å². The monoisotopic (exact) mass is 300 g/mol. The molecule has 1 aromatic carbocycles. The maximum Gasteiger partial charge on any atom is 0.224 e. The summed E-state index contributed by atoms with van der Waals surface area (Å²) in [6, 6.07) is 9.75. The average molecular weight is 301 g/mol. The maximum absolute atomic E-state index is 11.9. The van der Waals surface area contributed by atoms with E-state index in [1.807, 2.05) is 44.2 Å². The second-order valence-corrected chi connectivity index (χ2v) is 5.01. The molecule has 114 valence electrons. The van der Waals surface area contributed by atoms with Crippen LogP contribution in [-0.4, -0.2) is 30.2 Å². The van der Waals surface area contributed by atoms with Crippen LogP contribution < -0.4 is 11.1 Å². The van der Waals surface area contributed by atoms with E-state index in [4.69, 9.17) is 10.8 Å². The summed E-state index contributed by atoms with van der Waals surface area (Å²) in [5, 5.41) is 12.0. The van der Waals surface area contributed by atoms with Crippen molar-refractivity contribution in [1.29, 1.82) is 0 Å². The Morgan fingerprint density at radius 3 is 2.40 bits per heavy atom. The molecule has 3 unspecified atom stereocenters. The molecule has 1 aromatic rings. The quantitative estimate of drug-likeness (QED) is 0.717. The van der Waals surface area contributed by atoms with E-state index in [1.165, 1.54) is 0 Å². The van der Waals surface area contributed by atoms with Crippen LogP contribution in [0.25, 0.3) is 0 Å². The minimum Gasteiger partial charge on any atom is -0.396 e. The number of hydrogen-bond acceptors (Lipinski definition) is 3. The lowest BCUT2D eigenvalue weighted by molar-refractivity contribution is -0.125. The molecule has 20 heavy (non-hydrogen) atoms. The highest BCUT2D eigenvalue weighted by Crippen LogP contribution is 2.18. The second kappa shape index (κ2) is 9.75. The Bertz CT molecular complexity index is 385. The summed E-state index contributed by atoms with van der Waals surface area (Å²) in [6.45, 7) is 4.29. The zero-order valence-electron chi connectivity index (χ0n) is 12.1. The fraction of sp³-hybridized carbons (Fsp3) is 0.533. The van der Waals surface area contributed by atoms with Crippen LogP contribution in [0.4, 0.5) is 0 Å². The summed E-state index contributed by atoms with van der Waals surface area (Å²) in [5.41, 5.74) is 6.84. The smallest absolute Gasteiger partial charge is 0.224 e. The van der Waals surface area contributed by atoms with Gasteiger partial charge in [0.1, 0.15) is 0 Å². The van der Waals surface area contributed by atoms with Gasteiger partial charge in [0.2, 0.25) is 5.91 Å². The summed E-state index contributed by atoms with van der Waals surface area (Å²) in [4.78, 5) is 11.9. The Balaban J connectivity index is 0.00000361. The third-order valence-electron chi connectivity index (χ3n) is 3.47. The van der Waals surface area contributed by atoms with Crippen LogP contribution in [0.2, 0.25) is 0 Å². The molecule has 4 N–H and O–H groups in total. The number of aliphatic hydroxyl groups excluding tert-OH is 1. The molecule has 1 amide bonds. The maximum atomic E-state index is 11.9. The van der Waals surface area contributed by atoms with Gasteiger partial charge in [-0.1, -0.05) is 37.3 Å². The van der Waals surface area contributed by atoms with Crippen LogP contribution in [-0.2, 0) is 4.79 Å². The number of hydrogen-bond donors (Lipinski definition) is 3. The highest BCUT2D eigenvalue weighted by molar-refractivity contribution is 5.85. The molecule has 4 nitrogen and oxygen atoms in total. The molecule has 5 heteroatoms. The number of nitrogens with two attached hydrogens (primary N) is 1. The molecular weight excluding hydrogens is 276 g/mol. The first-order valence-electron chi connectivity index (χ1n) is 6.75. The van der Waals surface area contributed by atoms with E-state index < -0.39 is 0 Å². The van der Waals surface area contributed by atoms with Gasteiger partial charge >= 0.3 is 0 Å². The van der Waals surface area contributed by atoms with Gasteiger partial charge in [0.15, 0.2) is 0 Å². The van der Waals surface area contributed by atoms with Crippen molar-refractivity contribution >= 4 is 18.3 Å². The third-order valence-corrected chi connectivity index (χ3v) is 3.47. The summed E-state index contributed by atoms with van der Waals surface area (Å²) in [6.07, 6.45) is 0.636. The van der Waals surface area contributed by atoms with Crippen molar-refractivity contribution in [1.82, 2.24) is 5.32 Å². The van der Waals surface area contributed by atoms with Crippen LogP contribution in [0.1, 0.15) is 31.7 Å². The predicted octanol–water partition coefficient (Wildman–Crippen LogP) is 1.67. The number of carbonyl (C=O) groups excluding carboxylic acids is 1. The molecule has 0 aliphatic heterocycles. The number of rotatable bonds is 7. The van der Waals surface area contributed by atoms with Crippen LogP contribution >= 0.6 is 12.4 Å². The molecule has 3 atom stereocenters. The zero-order chi connectivity index (χ0) is 14.3. The third kappa shape index (κ3) is 5.90. The number of aliphatic hydroxyl groups is 1. The summed E-state index contributed by atoms with van der Waals surface area (Å²) >= 11 is 0. The van der Waals surface area contributed by atoms with Gasteiger partial charge in [-0.3, -0.25) is 4.79 Å². The number of halogens is 1. The van der Waals surface area contributed by atoms with Gasteiger partial charge in [-0.05, 0) is 18.9 Å². The van der Waals surface area contributed by atoms with Gasteiger partial charge in [0.05, 0.1) is 0 Å². The molecule has 0 aromatic heterocycles. The first-order valence-corrected chi connectivity index (χ1v) is 6.75. The lowest BCUT2D eigenvalue weighted by atomic mass is 9.95. The van der Waals surface area contributed by atoms with Crippen LogP contribution in [0.5, 0.6) is 0 Å². The Kier molecular flexibility index (Phi) is 9.21. The van der Waals surface area contributed by atoms with E-state index in [0.29, 0.717) is 13.0 Å². The number of benzene rings is 1. The predicted molar refractivity (Wildman–Crippen MR) is 84.0 cm³/mol. The van der Waals surface area contributed by atoms with E-state index in [2.05, 4.69) is 5.32 Å². The molecule has 0 saturated heterocycles. The molecule has 0 saturated carbocycles. The first-order chi connectivity index (χ1) is 9.06. The highest BCUT2D eigenvalue weighted by atomic mass is 35.5. The SMILES string of the molecule is CC(N)C(C)C(=O)NCC(CCO)c1ccccc1.Cl. The second-order valence-electron chi connectivity index (χ2n) is 5.01. The van der Waals surface area contributed by atoms with Gasteiger partial charge in [0, 0.05) is 31.0 Å². The van der Waals surface area contributed by atoms with Crippen LogP contribution in [0.3, 0.4) is 0 Å². The van der Waals surface area contributed by atoms with Gasteiger partial charge in [0.25, 0.3) is 0 Å². The first kappa shape index (κ1) is 18.9. The fourth-order valence-electron chi connectivity index (χ4n) is 1.89. The van der Waals surface area contributed by atoms with Crippen molar-refractivity contribution in [3.05, 3.63) is 35.9 Å². The molecule has 0 spiro atoms. The molecule has 1 rings (SSSR count). The largest absolute Gasteiger partial charge is 0.396 e. The summed E-state index contributed by atoms with van der Waals surface area (Å²) < 4.78 is 0. The Labute approximate surface area is 127 Å². The van der Waals surface area contributed by atoms with Gasteiger partial charge in [-0.25, -0.2) is 0 Å². The number of amides is 1. The van der Waals surface area contributed by atoms with Gasteiger partial charge < -0.3 is 16.2 Å². The Morgan fingerprint density at radius 1 is 1.30 bits per heavy atom.